The van der Waals surface area contributed by atoms with E-state index in [1.54, 1.807) is 4.90 Å². The van der Waals surface area contributed by atoms with Gasteiger partial charge >= 0.3 is 0 Å². The number of hydrogen-bond acceptors (Lipinski definition) is 2. The zero-order valence-corrected chi connectivity index (χ0v) is 13.9. The van der Waals surface area contributed by atoms with Gasteiger partial charge in [-0.15, -0.1) is 0 Å². The number of carbonyl (C=O) groups is 1. The molecule has 2 aromatic carbocycles. The number of hydrogen-bond donors (Lipinski definition) is 0. The molecule has 3 nitrogen and oxygen atoms in total. The van der Waals surface area contributed by atoms with Crippen molar-refractivity contribution in [3.63, 3.8) is 0 Å². The van der Waals surface area contributed by atoms with Crippen LogP contribution in [0, 0.1) is 5.82 Å². The van der Waals surface area contributed by atoms with E-state index < -0.39 is 5.82 Å². The monoisotopic (exact) mass is 335 g/mol. The summed E-state index contributed by atoms with van der Waals surface area (Å²) < 4.78 is 18.8. The molecule has 0 aliphatic rings. The fourth-order valence-corrected chi connectivity index (χ4v) is 2.49. The van der Waals surface area contributed by atoms with E-state index in [9.17, 15) is 9.18 Å². The number of rotatable bonds is 6. The van der Waals surface area contributed by atoms with Crippen molar-refractivity contribution in [2.24, 2.45) is 0 Å². The molecule has 0 fully saturated rings. The summed E-state index contributed by atoms with van der Waals surface area (Å²) in [4.78, 5) is 14.2. The van der Waals surface area contributed by atoms with Crippen LogP contribution in [0.1, 0.15) is 29.8 Å². The lowest BCUT2D eigenvalue weighted by atomic mass is 10.1. The van der Waals surface area contributed by atoms with Crippen LogP contribution in [0.2, 0.25) is 5.02 Å². The first-order valence-corrected chi connectivity index (χ1v) is 7.88. The smallest absolute Gasteiger partial charge is 0.254 e. The van der Waals surface area contributed by atoms with Gasteiger partial charge in [-0.25, -0.2) is 4.39 Å². The van der Waals surface area contributed by atoms with E-state index in [0.717, 1.165) is 11.3 Å². The molecule has 0 N–H and O–H groups in total. The van der Waals surface area contributed by atoms with Crippen molar-refractivity contribution >= 4 is 17.5 Å². The van der Waals surface area contributed by atoms with Gasteiger partial charge in [0.2, 0.25) is 0 Å². The number of nitrogens with zero attached hydrogens (tertiary/aromatic N) is 1. The van der Waals surface area contributed by atoms with Crippen LogP contribution in [0.5, 0.6) is 5.75 Å². The molecule has 5 heteroatoms. The van der Waals surface area contributed by atoms with E-state index in [2.05, 4.69) is 0 Å². The van der Waals surface area contributed by atoms with Gasteiger partial charge in [0.05, 0.1) is 6.61 Å². The van der Waals surface area contributed by atoms with Crippen LogP contribution in [0.3, 0.4) is 0 Å². The summed E-state index contributed by atoms with van der Waals surface area (Å²) in [6.45, 7) is 5.37. The molecule has 2 aromatic rings. The second kappa shape index (κ2) is 7.97. The van der Waals surface area contributed by atoms with E-state index in [1.165, 1.54) is 18.2 Å². The topological polar surface area (TPSA) is 29.5 Å². The van der Waals surface area contributed by atoms with Gasteiger partial charge in [-0.05, 0) is 49.7 Å². The standard InChI is InChI=1S/C18H19ClFNO2/c1-3-21(12-13-5-7-17(8-6-13)23-4-2)18(22)14-9-15(19)11-16(20)10-14/h5-11H,3-4,12H2,1-2H3. The third-order valence-corrected chi connectivity index (χ3v) is 3.60. The number of amides is 1. The molecule has 1 amide bonds. The summed E-state index contributed by atoms with van der Waals surface area (Å²) in [5, 5.41) is 0.213. The van der Waals surface area contributed by atoms with Crippen molar-refractivity contribution in [1.29, 1.82) is 0 Å². The van der Waals surface area contributed by atoms with E-state index in [1.807, 2.05) is 38.1 Å². The van der Waals surface area contributed by atoms with Crippen LogP contribution in [-0.2, 0) is 6.54 Å². The molecule has 2 rings (SSSR count). The van der Waals surface area contributed by atoms with Crippen molar-refractivity contribution in [1.82, 2.24) is 4.90 Å². The van der Waals surface area contributed by atoms with Crippen molar-refractivity contribution in [2.75, 3.05) is 13.2 Å². The number of carbonyl (C=O) groups excluding carboxylic acids is 1. The average Bonchev–Trinajstić information content (AvgIpc) is 2.53. The van der Waals surface area contributed by atoms with Gasteiger partial charge in [0.25, 0.3) is 5.91 Å². The lowest BCUT2D eigenvalue weighted by molar-refractivity contribution is 0.0752. The zero-order chi connectivity index (χ0) is 16.8. The van der Waals surface area contributed by atoms with Crippen LogP contribution in [0.25, 0.3) is 0 Å². The normalized spacial score (nSPS) is 10.4. The van der Waals surface area contributed by atoms with Gasteiger partial charge < -0.3 is 9.64 Å². The second-order valence-corrected chi connectivity index (χ2v) is 5.49. The Hall–Kier alpha value is -2.07. The minimum Gasteiger partial charge on any atom is -0.494 e. The van der Waals surface area contributed by atoms with Crippen molar-refractivity contribution in [3.8, 4) is 5.75 Å². The fraction of sp³-hybridized carbons (Fsp3) is 0.278. The van der Waals surface area contributed by atoms with E-state index in [4.69, 9.17) is 16.3 Å². The zero-order valence-electron chi connectivity index (χ0n) is 13.2. The van der Waals surface area contributed by atoms with Gasteiger partial charge in [0, 0.05) is 23.7 Å². The molecule has 0 unspecified atom stereocenters. The summed E-state index contributed by atoms with van der Waals surface area (Å²) in [5.41, 5.74) is 1.23. The Labute approximate surface area is 140 Å². The highest BCUT2D eigenvalue weighted by atomic mass is 35.5. The first kappa shape index (κ1) is 17.3. The first-order valence-electron chi connectivity index (χ1n) is 7.50. The SMILES string of the molecule is CCOc1ccc(CN(CC)C(=O)c2cc(F)cc(Cl)c2)cc1. The molecule has 0 radical (unpaired) electrons. The maximum atomic E-state index is 13.4. The summed E-state index contributed by atoms with van der Waals surface area (Å²) in [5.74, 6) is 0.0308. The molecule has 0 aliphatic carbocycles. The predicted molar refractivity (Wildman–Crippen MR) is 89.4 cm³/mol. The second-order valence-electron chi connectivity index (χ2n) is 5.05. The molecular formula is C18H19ClFNO2. The molecule has 0 spiro atoms. The van der Waals surface area contributed by atoms with Crippen molar-refractivity contribution in [2.45, 2.75) is 20.4 Å². The van der Waals surface area contributed by atoms with E-state index in [-0.39, 0.29) is 16.5 Å². The third kappa shape index (κ3) is 4.70. The quantitative estimate of drug-likeness (QED) is 0.775. The highest BCUT2D eigenvalue weighted by Gasteiger charge is 2.16. The van der Waals surface area contributed by atoms with Gasteiger partial charge in [-0.1, -0.05) is 23.7 Å². The number of halogens is 2. The van der Waals surface area contributed by atoms with Crippen LogP contribution in [0.15, 0.2) is 42.5 Å². The molecule has 0 bridgehead atoms. The Morgan fingerprint density at radius 1 is 1.17 bits per heavy atom. The van der Waals surface area contributed by atoms with Crippen LogP contribution < -0.4 is 4.74 Å². The highest BCUT2D eigenvalue weighted by molar-refractivity contribution is 6.31. The number of ether oxygens (including phenoxy) is 1. The van der Waals surface area contributed by atoms with Crippen molar-refractivity contribution in [3.05, 3.63) is 64.4 Å². The minimum atomic E-state index is -0.516. The van der Waals surface area contributed by atoms with Gasteiger partial charge in [-0.2, -0.15) is 0 Å². The molecule has 0 heterocycles. The predicted octanol–water partition coefficient (Wildman–Crippen LogP) is 4.54. The number of benzene rings is 2. The molecular weight excluding hydrogens is 317 g/mol. The van der Waals surface area contributed by atoms with Crippen LogP contribution >= 0.6 is 11.6 Å². The summed E-state index contributed by atoms with van der Waals surface area (Å²) >= 11 is 5.82. The Morgan fingerprint density at radius 3 is 2.43 bits per heavy atom. The molecule has 0 aromatic heterocycles. The Balaban J connectivity index is 2.13. The first-order chi connectivity index (χ1) is 11.0. The highest BCUT2D eigenvalue weighted by Crippen LogP contribution is 2.18. The lowest BCUT2D eigenvalue weighted by Crippen LogP contribution is -2.30. The van der Waals surface area contributed by atoms with Gasteiger partial charge in [-0.3, -0.25) is 4.79 Å². The molecule has 23 heavy (non-hydrogen) atoms. The maximum Gasteiger partial charge on any atom is 0.254 e. The fourth-order valence-electron chi connectivity index (χ4n) is 2.27. The maximum absolute atomic E-state index is 13.4. The Morgan fingerprint density at radius 2 is 1.87 bits per heavy atom. The van der Waals surface area contributed by atoms with Crippen LogP contribution in [0.4, 0.5) is 4.39 Å². The Kier molecular flexibility index (Phi) is 5.99. The van der Waals surface area contributed by atoms with E-state index >= 15 is 0 Å². The molecule has 0 saturated heterocycles. The largest absolute Gasteiger partial charge is 0.494 e. The summed E-state index contributed by atoms with van der Waals surface area (Å²) in [6, 6.07) is 11.4. The summed E-state index contributed by atoms with van der Waals surface area (Å²) in [6.07, 6.45) is 0. The van der Waals surface area contributed by atoms with Crippen LogP contribution in [-0.4, -0.2) is 24.0 Å². The van der Waals surface area contributed by atoms with Gasteiger partial charge in [0.15, 0.2) is 0 Å². The molecule has 0 aliphatic heterocycles. The van der Waals surface area contributed by atoms with Gasteiger partial charge in [0.1, 0.15) is 11.6 Å². The molecule has 0 atom stereocenters. The lowest BCUT2D eigenvalue weighted by Gasteiger charge is -2.21. The third-order valence-electron chi connectivity index (χ3n) is 3.39. The average molecular weight is 336 g/mol. The molecule has 0 saturated carbocycles. The molecule has 122 valence electrons. The minimum absolute atomic E-state index is 0.213. The Bertz CT molecular complexity index is 653. The summed E-state index contributed by atoms with van der Waals surface area (Å²) in [7, 11) is 0. The van der Waals surface area contributed by atoms with E-state index in [0.29, 0.717) is 19.7 Å². The van der Waals surface area contributed by atoms with Crippen molar-refractivity contribution < 1.29 is 13.9 Å².